The molecule has 2 aromatic rings. The minimum atomic E-state index is -0.637. The van der Waals surface area contributed by atoms with Gasteiger partial charge in [0.05, 0.1) is 5.22 Å². The van der Waals surface area contributed by atoms with Gasteiger partial charge >= 0.3 is 5.84 Å². The number of amidine groups is 1. The summed E-state index contributed by atoms with van der Waals surface area (Å²) in [6, 6.07) is 14.9. The van der Waals surface area contributed by atoms with Crippen molar-refractivity contribution in [3.05, 3.63) is 70.3 Å². The van der Waals surface area contributed by atoms with E-state index in [4.69, 9.17) is 22.2 Å². The molecule has 1 atom stereocenters. The fraction of sp³-hybridized carbons (Fsp3) is 0.0588. The number of halogens is 1. The Kier molecular flexibility index (Phi) is 3.69. The number of primary amides is 1. The Bertz CT molecular complexity index is 955. The van der Waals surface area contributed by atoms with Crippen molar-refractivity contribution in [2.24, 2.45) is 21.3 Å². The van der Waals surface area contributed by atoms with Gasteiger partial charge in [-0.25, -0.2) is 0 Å². The zero-order valence-corrected chi connectivity index (χ0v) is 13.7. The first-order valence-corrected chi connectivity index (χ1v) is 7.89. The molecule has 4 rings (SSSR count). The molecule has 2 N–H and O–H groups in total. The minimum Gasteiger partial charge on any atom is -0.365 e. The molecule has 7 nitrogen and oxygen atoms in total. The van der Waals surface area contributed by atoms with Crippen LogP contribution in [0, 0.1) is 0 Å². The van der Waals surface area contributed by atoms with Crippen LogP contribution in [0.4, 0.5) is 5.69 Å². The third kappa shape index (κ3) is 2.45. The maximum Gasteiger partial charge on any atom is 0.328 e. The quantitative estimate of drug-likeness (QED) is 0.853. The fourth-order valence-electron chi connectivity index (χ4n) is 2.85. The highest BCUT2D eigenvalue weighted by atomic mass is 35.5. The molecule has 8 heteroatoms. The lowest BCUT2D eigenvalue weighted by atomic mass is 10.0. The van der Waals surface area contributed by atoms with Crippen LogP contribution in [0.25, 0.3) is 6.08 Å². The number of quaternary nitrogens is 1. The number of para-hydroxylation sites is 1. The van der Waals surface area contributed by atoms with Crippen LogP contribution in [0.3, 0.4) is 0 Å². The number of hydrogen-bond acceptors (Lipinski definition) is 5. The largest absolute Gasteiger partial charge is 0.365 e. The lowest BCUT2D eigenvalue weighted by molar-refractivity contribution is -0.116. The number of rotatable bonds is 4. The van der Waals surface area contributed by atoms with Crippen LogP contribution in [-0.2, 0) is 16.2 Å². The molecule has 0 bridgehead atoms. The second-order valence-electron chi connectivity index (χ2n) is 5.54. The second kappa shape index (κ2) is 5.89. The van der Waals surface area contributed by atoms with Crippen molar-refractivity contribution in [3.8, 4) is 0 Å². The third-order valence-electron chi connectivity index (χ3n) is 3.98. The molecule has 2 aliphatic rings. The van der Waals surface area contributed by atoms with Crippen LogP contribution in [0.2, 0.25) is 5.02 Å². The Hall–Kier alpha value is -2.87. The van der Waals surface area contributed by atoms with Crippen molar-refractivity contribution >= 4 is 35.1 Å². The number of nitrogens with two attached hydrogens (primary N) is 1. The van der Waals surface area contributed by atoms with E-state index < -0.39 is 10.7 Å². The van der Waals surface area contributed by atoms with Gasteiger partial charge in [-0.15, -0.1) is 0 Å². The zero-order chi connectivity index (χ0) is 17.4. The SMILES string of the molecule is NC(=O)C1=Cc2cccc(Cl)c2[N+]2(OCc3ccccc3)N=NN=C12. The van der Waals surface area contributed by atoms with Crippen LogP contribution in [0.15, 0.2) is 69.7 Å². The summed E-state index contributed by atoms with van der Waals surface area (Å²) in [5, 5.41) is 12.3. The van der Waals surface area contributed by atoms with E-state index >= 15 is 0 Å². The lowest BCUT2D eigenvalue weighted by Crippen LogP contribution is -2.51. The first-order chi connectivity index (χ1) is 12.1. The molecule has 0 spiro atoms. The van der Waals surface area contributed by atoms with Gasteiger partial charge in [0.15, 0.2) is 0 Å². The van der Waals surface area contributed by atoms with Gasteiger partial charge in [0, 0.05) is 15.5 Å². The predicted molar refractivity (Wildman–Crippen MR) is 93.9 cm³/mol. The van der Waals surface area contributed by atoms with E-state index in [2.05, 4.69) is 15.5 Å². The van der Waals surface area contributed by atoms with Gasteiger partial charge in [-0.05, 0) is 23.8 Å². The van der Waals surface area contributed by atoms with Crippen molar-refractivity contribution in [1.29, 1.82) is 0 Å². The summed E-state index contributed by atoms with van der Waals surface area (Å²) in [5.74, 6) is -0.438. The minimum absolute atomic E-state index is 0.188. The Morgan fingerprint density at radius 1 is 1.16 bits per heavy atom. The van der Waals surface area contributed by atoms with Gasteiger partial charge in [0.2, 0.25) is 5.69 Å². The van der Waals surface area contributed by atoms with Crippen molar-refractivity contribution in [1.82, 2.24) is 4.76 Å². The molecule has 0 aliphatic carbocycles. The van der Waals surface area contributed by atoms with E-state index in [9.17, 15) is 4.79 Å². The molecule has 0 radical (unpaired) electrons. The van der Waals surface area contributed by atoms with E-state index in [1.54, 1.807) is 24.3 Å². The molecule has 0 saturated carbocycles. The molecular weight excluding hydrogens is 342 g/mol. The maximum atomic E-state index is 11.9. The van der Waals surface area contributed by atoms with E-state index in [-0.39, 0.29) is 18.0 Å². The molecular formula is C17H13ClN5O2+. The van der Waals surface area contributed by atoms with E-state index in [1.165, 1.54) is 0 Å². The van der Waals surface area contributed by atoms with Gasteiger partial charge in [0.1, 0.15) is 17.2 Å². The van der Waals surface area contributed by atoms with Crippen molar-refractivity contribution < 1.29 is 9.63 Å². The lowest BCUT2D eigenvalue weighted by Gasteiger charge is -2.29. The van der Waals surface area contributed by atoms with E-state index in [1.807, 2.05) is 30.3 Å². The first kappa shape index (κ1) is 15.6. The molecule has 2 aliphatic heterocycles. The molecule has 1 amide bonds. The normalized spacial score (nSPS) is 20.5. The van der Waals surface area contributed by atoms with Crippen molar-refractivity contribution in [3.63, 3.8) is 0 Å². The number of carbonyl (C=O) groups is 1. The molecule has 0 aromatic heterocycles. The zero-order valence-electron chi connectivity index (χ0n) is 13.0. The van der Waals surface area contributed by atoms with Crippen molar-refractivity contribution in [2.45, 2.75) is 6.61 Å². The molecule has 2 aromatic carbocycles. The summed E-state index contributed by atoms with van der Waals surface area (Å²) in [6.07, 6.45) is 1.63. The Morgan fingerprint density at radius 2 is 1.96 bits per heavy atom. The summed E-state index contributed by atoms with van der Waals surface area (Å²) < 4.78 is -0.543. The molecule has 25 heavy (non-hydrogen) atoms. The summed E-state index contributed by atoms with van der Waals surface area (Å²) >= 11 is 6.41. The number of amides is 1. The molecule has 124 valence electrons. The Morgan fingerprint density at radius 3 is 2.72 bits per heavy atom. The van der Waals surface area contributed by atoms with E-state index in [0.717, 1.165) is 5.56 Å². The number of fused-ring (bicyclic) bond motifs is 3. The van der Waals surface area contributed by atoms with Gasteiger partial charge in [-0.3, -0.25) is 4.79 Å². The van der Waals surface area contributed by atoms with Crippen molar-refractivity contribution in [2.75, 3.05) is 0 Å². The summed E-state index contributed by atoms with van der Waals surface area (Å²) in [6.45, 7) is 0.218. The number of hydrogen-bond donors (Lipinski definition) is 1. The summed E-state index contributed by atoms with van der Waals surface area (Å²) in [5.41, 5.74) is 7.85. The number of nitrogens with zero attached hydrogens (tertiary/aromatic N) is 4. The van der Waals surface area contributed by atoms with Gasteiger partial charge in [-0.2, -0.15) is 4.84 Å². The van der Waals surface area contributed by atoms with Crippen LogP contribution < -0.4 is 10.5 Å². The highest BCUT2D eigenvalue weighted by molar-refractivity contribution is 6.36. The molecule has 2 heterocycles. The Balaban J connectivity index is 1.85. The van der Waals surface area contributed by atoms with Crippen LogP contribution in [-0.4, -0.2) is 11.7 Å². The standard InChI is InChI=1S/C17H12ClN5O2/c18-14-8-4-7-12-9-13(16(19)24)17-20-21-22-23(17,15(12)14)25-10-11-5-2-1-3-6-11/h1-9H,10H2,(H-,19,24)/p+1. The van der Waals surface area contributed by atoms with Gasteiger partial charge in [0.25, 0.3) is 5.91 Å². The summed E-state index contributed by atoms with van der Waals surface area (Å²) in [4.78, 5) is 18.0. The summed E-state index contributed by atoms with van der Waals surface area (Å²) in [7, 11) is 0. The monoisotopic (exact) mass is 354 g/mol. The predicted octanol–water partition coefficient (Wildman–Crippen LogP) is 3.36. The average Bonchev–Trinajstić information content (AvgIpc) is 3.05. The molecule has 0 saturated heterocycles. The molecule has 1 unspecified atom stereocenters. The topological polar surface area (TPSA) is 89.4 Å². The number of benzene rings is 2. The third-order valence-corrected chi connectivity index (χ3v) is 4.29. The second-order valence-corrected chi connectivity index (χ2v) is 5.94. The number of carbonyl (C=O) groups excluding carboxylic acids is 1. The van der Waals surface area contributed by atoms with Crippen LogP contribution in [0.1, 0.15) is 11.1 Å². The van der Waals surface area contributed by atoms with Gasteiger partial charge in [-0.1, -0.05) is 53.1 Å². The van der Waals surface area contributed by atoms with E-state index in [0.29, 0.717) is 16.3 Å². The maximum absolute atomic E-state index is 11.9. The highest BCUT2D eigenvalue weighted by Gasteiger charge is 2.54. The fourth-order valence-corrected chi connectivity index (χ4v) is 3.15. The van der Waals surface area contributed by atoms with Crippen LogP contribution >= 0.6 is 11.6 Å². The first-order valence-electron chi connectivity index (χ1n) is 7.51. The highest BCUT2D eigenvalue weighted by Crippen LogP contribution is 2.44. The average molecular weight is 355 g/mol. The Labute approximate surface area is 148 Å². The smallest absolute Gasteiger partial charge is 0.328 e. The van der Waals surface area contributed by atoms with Gasteiger partial charge < -0.3 is 5.73 Å². The van der Waals surface area contributed by atoms with Crippen LogP contribution in [0.5, 0.6) is 0 Å². The number of hydroxylamine groups is 1. The molecule has 0 fully saturated rings.